The van der Waals surface area contributed by atoms with Gasteiger partial charge in [0.25, 0.3) is 11.0 Å². The molecular formula is C29H44N6O7Si2. The number of nitrogens with zero attached hydrogens (tertiary/aromatic N) is 5. The van der Waals surface area contributed by atoms with Gasteiger partial charge >= 0.3 is 0 Å². The molecule has 15 heteroatoms. The fraction of sp³-hybridized carbons (Fsp3) is 0.586. The van der Waals surface area contributed by atoms with Crippen LogP contribution in [-0.4, -0.2) is 72.1 Å². The molecule has 0 aliphatic carbocycles. The zero-order valence-corrected chi connectivity index (χ0v) is 29.2. The number of carbonyl (C=O) groups excluding carboxylic acids is 1. The van der Waals surface area contributed by atoms with Crippen molar-refractivity contribution in [2.45, 2.75) is 102 Å². The molecule has 0 saturated carbocycles. The predicted octanol–water partition coefficient (Wildman–Crippen LogP) is 5.97. The minimum Gasteiger partial charge on any atom is -0.414 e. The van der Waals surface area contributed by atoms with Crippen molar-refractivity contribution in [2.24, 2.45) is 0 Å². The average molecular weight is 645 g/mol. The van der Waals surface area contributed by atoms with Crippen LogP contribution in [0.2, 0.25) is 36.3 Å². The highest BCUT2D eigenvalue weighted by Crippen LogP contribution is 2.44. The number of fused-ring (bicyclic) bond motifs is 1. The van der Waals surface area contributed by atoms with Gasteiger partial charge in [0.15, 0.2) is 45.9 Å². The van der Waals surface area contributed by atoms with Gasteiger partial charge in [0, 0.05) is 5.56 Å². The third-order valence-electron chi connectivity index (χ3n) is 9.05. The number of amides is 1. The van der Waals surface area contributed by atoms with E-state index in [2.05, 4.69) is 88.0 Å². The molecular weight excluding hydrogens is 601 g/mol. The fourth-order valence-electron chi connectivity index (χ4n) is 4.34. The molecule has 44 heavy (non-hydrogen) atoms. The lowest BCUT2D eigenvalue weighted by molar-refractivity contribution is -0.771. The first-order valence-electron chi connectivity index (χ1n) is 14.6. The summed E-state index contributed by atoms with van der Waals surface area (Å²) in [5, 5.41) is 13.5. The number of rotatable bonds is 10. The van der Waals surface area contributed by atoms with E-state index < -0.39 is 46.3 Å². The summed E-state index contributed by atoms with van der Waals surface area (Å²) in [5.41, 5.74) is 1.16. The highest BCUT2D eigenvalue weighted by molar-refractivity contribution is 6.74. The molecule has 1 aliphatic heterocycles. The number of benzene rings is 1. The van der Waals surface area contributed by atoms with Gasteiger partial charge in [-0.05, 0) is 48.4 Å². The number of anilines is 1. The van der Waals surface area contributed by atoms with E-state index in [9.17, 15) is 14.9 Å². The second-order valence-corrected chi connectivity index (χ2v) is 23.7. The third kappa shape index (κ3) is 7.01. The Labute approximate surface area is 260 Å². The smallest absolute Gasteiger partial charge is 0.294 e. The Morgan fingerprint density at radius 2 is 1.64 bits per heavy atom. The minimum atomic E-state index is -2.51. The van der Waals surface area contributed by atoms with E-state index in [0.29, 0.717) is 16.7 Å². The van der Waals surface area contributed by atoms with Gasteiger partial charge in [-0.15, -0.1) is 10.1 Å². The SMILES string of the molecule is CC(C)(C)[Si](C)(C)OC[C@H]1O[C@@H](n2cnc3c(NC(=O)c4ccccc4)ncnc32)[C@H](O[Si](C)(C)C(C)(C)C)[C@@H]1O[N+](=O)[O-]. The van der Waals surface area contributed by atoms with Crippen LogP contribution in [0.1, 0.15) is 58.1 Å². The first-order chi connectivity index (χ1) is 20.3. The van der Waals surface area contributed by atoms with Crippen LogP contribution in [0.3, 0.4) is 0 Å². The Morgan fingerprint density at radius 3 is 2.23 bits per heavy atom. The molecule has 0 unspecified atom stereocenters. The van der Waals surface area contributed by atoms with Crippen LogP contribution in [0.25, 0.3) is 11.2 Å². The maximum atomic E-state index is 12.9. The Balaban J connectivity index is 1.75. The molecule has 0 spiro atoms. The number of carbonyl (C=O) groups is 1. The van der Waals surface area contributed by atoms with Gasteiger partial charge in [0.2, 0.25) is 0 Å². The van der Waals surface area contributed by atoms with Crippen molar-refractivity contribution >= 4 is 39.5 Å². The van der Waals surface area contributed by atoms with Crippen LogP contribution in [0, 0.1) is 10.1 Å². The van der Waals surface area contributed by atoms with Crippen molar-refractivity contribution in [1.29, 1.82) is 0 Å². The maximum absolute atomic E-state index is 12.9. The lowest BCUT2D eigenvalue weighted by Gasteiger charge is -2.40. The number of ether oxygens (including phenoxy) is 1. The van der Waals surface area contributed by atoms with Crippen molar-refractivity contribution in [2.75, 3.05) is 11.9 Å². The van der Waals surface area contributed by atoms with Crippen LogP contribution < -0.4 is 5.32 Å². The third-order valence-corrected chi connectivity index (χ3v) is 18.0. The normalized spacial score (nSPS) is 21.4. The summed E-state index contributed by atoms with van der Waals surface area (Å²) in [6.45, 7) is 21.1. The average Bonchev–Trinajstić information content (AvgIpc) is 3.48. The summed E-state index contributed by atoms with van der Waals surface area (Å²) >= 11 is 0. The minimum absolute atomic E-state index is 0.0838. The Morgan fingerprint density at radius 1 is 1.00 bits per heavy atom. The number of nitrogens with one attached hydrogen (secondary N) is 1. The van der Waals surface area contributed by atoms with Crippen molar-refractivity contribution in [1.82, 2.24) is 19.5 Å². The monoisotopic (exact) mass is 644 g/mol. The number of hydrogen-bond acceptors (Lipinski definition) is 10. The van der Waals surface area contributed by atoms with E-state index in [4.69, 9.17) is 18.4 Å². The fourth-order valence-corrected chi connectivity index (χ4v) is 6.64. The van der Waals surface area contributed by atoms with E-state index in [1.54, 1.807) is 28.8 Å². The molecule has 4 rings (SSSR count). The van der Waals surface area contributed by atoms with Gasteiger partial charge < -0.3 is 23.7 Å². The Bertz CT molecular complexity index is 1490. The molecule has 1 aromatic carbocycles. The molecule has 0 bridgehead atoms. The van der Waals surface area contributed by atoms with Gasteiger partial charge in [0.1, 0.15) is 18.5 Å². The van der Waals surface area contributed by atoms with Gasteiger partial charge in [-0.3, -0.25) is 9.36 Å². The van der Waals surface area contributed by atoms with Crippen LogP contribution in [0.15, 0.2) is 43.0 Å². The zero-order chi connectivity index (χ0) is 32.7. The predicted molar refractivity (Wildman–Crippen MR) is 171 cm³/mol. The summed E-state index contributed by atoms with van der Waals surface area (Å²) in [5.74, 6) is -0.128. The van der Waals surface area contributed by atoms with Gasteiger partial charge in [-0.25, -0.2) is 15.0 Å². The first kappa shape index (κ1) is 33.6. The standard InChI is InChI=1S/C29H44N6O7Si2/c1-28(2,3)43(7,8)39-16-20-22(41-35(37)38)23(42-44(9,10)29(4,5)6)27(40-20)34-18-32-21-24(30-17-31-25(21)34)33-26(36)19-14-12-11-13-15-19/h11-15,17-18,20,22-23,27H,16H2,1-10H3,(H,30,31,33,36)/t20-,22-,23-,27-/m1/s1. The molecule has 1 fully saturated rings. The Hall–Kier alpha value is -3.25. The lowest BCUT2D eigenvalue weighted by atomic mass is 10.1. The summed E-state index contributed by atoms with van der Waals surface area (Å²) < 4.78 is 21.5. The molecule has 240 valence electrons. The lowest BCUT2D eigenvalue weighted by Crippen LogP contribution is -2.50. The van der Waals surface area contributed by atoms with Gasteiger partial charge in [-0.2, -0.15) is 0 Å². The highest BCUT2D eigenvalue weighted by atomic mass is 28.4. The van der Waals surface area contributed by atoms with Crippen LogP contribution in [0.5, 0.6) is 0 Å². The summed E-state index contributed by atoms with van der Waals surface area (Å²) in [6.07, 6.45) is -0.826. The van der Waals surface area contributed by atoms with Crippen molar-refractivity contribution in [3.8, 4) is 0 Å². The highest BCUT2D eigenvalue weighted by Gasteiger charge is 2.54. The van der Waals surface area contributed by atoms with Crippen molar-refractivity contribution in [3.63, 3.8) is 0 Å². The van der Waals surface area contributed by atoms with E-state index in [1.165, 1.54) is 12.7 Å². The number of aromatic nitrogens is 4. The summed E-state index contributed by atoms with van der Waals surface area (Å²) in [7, 11) is -4.75. The first-order valence-corrected chi connectivity index (χ1v) is 20.5. The second kappa shape index (κ2) is 12.3. The molecule has 1 saturated heterocycles. The molecule has 1 amide bonds. The summed E-state index contributed by atoms with van der Waals surface area (Å²) in [6, 6.07) is 8.76. The molecule has 2 aromatic heterocycles. The van der Waals surface area contributed by atoms with E-state index in [0.717, 1.165) is 0 Å². The van der Waals surface area contributed by atoms with Crippen LogP contribution in [0.4, 0.5) is 5.82 Å². The van der Waals surface area contributed by atoms with E-state index in [1.807, 2.05) is 6.07 Å². The maximum Gasteiger partial charge on any atom is 0.294 e. The number of imidazole rings is 1. The molecule has 3 heterocycles. The molecule has 0 radical (unpaired) electrons. The topological polar surface area (TPSA) is 153 Å². The molecule has 3 aromatic rings. The molecule has 4 atom stereocenters. The largest absolute Gasteiger partial charge is 0.414 e. The van der Waals surface area contributed by atoms with Gasteiger partial charge in [0.05, 0.1) is 12.9 Å². The second-order valence-electron chi connectivity index (χ2n) is 14.1. The van der Waals surface area contributed by atoms with E-state index >= 15 is 0 Å². The number of hydrogen-bond donors (Lipinski definition) is 1. The summed E-state index contributed by atoms with van der Waals surface area (Å²) in [4.78, 5) is 43.3. The molecule has 1 N–H and O–H groups in total. The Kier molecular flexibility index (Phi) is 9.38. The van der Waals surface area contributed by atoms with Crippen molar-refractivity contribution in [3.05, 3.63) is 58.7 Å². The van der Waals surface area contributed by atoms with Crippen LogP contribution >= 0.6 is 0 Å². The quantitative estimate of drug-likeness (QED) is 0.159. The molecule has 1 aliphatic rings. The van der Waals surface area contributed by atoms with Gasteiger partial charge in [-0.1, -0.05) is 59.7 Å². The molecule has 13 nitrogen and oxygen atoms in total. The zero-order valence-electron chi connectivity index (χ0n) is 27.2. The van der Waals surface area contributed by atoms with Crippen molar-refractivity contribution < 1.29 is 28.3 Å². The van der Waals surface area contributed by atoms with E-state index in [-0.39, 0.29) is 28.4 Å². The van der Waals surface area contributed by atoms with Crippen LogP contribution in [-0.2, 0) is 18.4 Å².